The Morgan fingerprint density at radius 1 is 1.25 bits per heavy atom. The van der Waals surface area contributed by atoms with Gasteiger partial charge in [-0.3, -0.25) is 4.68 Å². The van der Waals surface area contributed by atoms with Crippen molar-refractivity contribution in [3.05, 3.63) is 18.5 Å². The monoisotopic (exact) mass is 300 g/mol. The van der Waals surface area contributed by atoms with Crippen molar-refractivity contribution < 1.29 is 8.42 Å². The lowest BCUT2D eigenvalue weighted by atomic mass is 10.2. The molecule has 20 heavy (non-hydrogen) atoms. The van der Waals surface area contributed by atoms with E-state index in [1.165, 1.54) is 0 Å². The zero-order valence-electron chi connectivity index (χ0n) is 12.0. The third-order valence-corrected chi connectivity index (χ3v) is 5.15. The van der Waals surface area contributed by atoms with E-state index in [1.54, 1.807) is 10.5 Å². The molecular formula is C13H24N4O2S. The Labute approximate surface area is 121 Å². The number of nitrogens with zero attached hydrogens (tertiary/aromatic N) is 3. The van der Waals surface area contributed by atoms with Crippen molar-refractivity contribution >= 4 is 10.2 Å². The van der Waals surface area contributed by atoms with Gasteiger partial charge in [-0.05, 0) is 24.8 Å². The van der Waals surface area contributed by atoms with Crippen LogP contribution < -0.4 is 4.72 Å². The average Bonchev–Trinajstić information content (AvgIpc) is 2.76. The second-order valence-electron chi connectivity index (χ2n) is 5.50. The Hall–Kier alpha value is -0.920. The molecule has 2 heterocycles. The van der Waals surface area contributed by atoms with Crippen molar-refractivity contribution in [3.8, 4) is 0 Å². The van der Waals surface area contributed by atoms with E-state index in [-0.39, 0.29) is 5.92 Å². The van der Waals surface area contributed by atoms with Gasteiger partial charge in [0, 0.05) is 38.6 Å². The molecule has 2 rings (SSSR count). The lowest BCUT2D eigenvalue weighted by molar-refractivity contribution is 0.399. The van der Waals surface area contributed by atoms with Crippen LogP contribution in [0.15, 0.2) is 18.5 Å². The number of nitrogens with one attached hydrogen (secondary N) is 1. The Balaban J connectivity index is 1.81. The van der Waals surface area contributed by atoms with Gasteiger partial charge in [-0.1, -0.05) is 19.8 Å². The first kappa shape index (κ1) is 15.5. The molecule has 1 N–H and O–H groups in total. The summed E-state index contributed by atoms with van der Waals surface area (Å²) in [6, 6.07) is 1.87. The Bertz CT molecular complexity index is 478. The van der Waals surface area contributed by atoms with Crippen molar-refractivity contribution in [1.82, 2.24) is 18.8 Å². The number of hydrogen-bond acceptors (Lipinski definition) is 3. The van der Waals surface area contributed by atoms with E-state index >= 15 is 0 Å². The molecule has 0 saturated carbocycles. The largest absolute Gasteiger partial charge is 0.279 e. The number of aromatic nitrogens is 2. The van der Waals surface area contributed by atoms with Crippen molar-refractivity contribution in [2.24, 2.45) is 5.92 Å². The van der Waals surface area contributed by atoms with Gasteiger partial charge in [-0.25, -0.2) is 4.72 Å². The van der Waals surface area contributed by atoms with Crippen LogP contribution >= 0.6 is 0 Å². The van der Waals surface area contributed by atoms with Crippen LogP contribution in [0.1, 0.15) is 32.6 Å². The minimum atomic E-state index is -3.33. The molecule has 6 nitrogen and oxygen atoms in total. The molecule has 1 saturated heterocycles. The first-order valence-electron chi connectivity index (χ1n) is 7.30. The van der Waals surface area contributed by atoms with Crippen LogP contribution in [0, 0.1) is 5.92 Å². The summed E-state index contributed by atoms with van der Waals surface area (Å²) in [6.45, 7) is 4.46. The van der Waals surface area contributed by atoms with Gasteiger partial charge in [0.05, 0.1) is 0 Å². The van der Waals surface area contributed by atoms with E-state index in [0.717, 1.165) is 32.2 Å². The van der Waals surface area contributed by atoms with Crippen LogP contribution in [0.3, 0.4) is 0 Å². The second-order valence-corrected chi connectivity index (χ2v) is 7.26. The fraction of sp³-hybridized carbons (Fsp3) is 0.769. The molecule has 1 aliphatic heterocycles. The summed E-state index contributed by atoms with van der Waals surface area (Å²) < 4.78 is 30.6. The zero-order chi connectivity index (χ0) is 14.4. The molecule has 1 fully saturated rings. The molecular weight excluding hydrogens is 276 g/mol. The Kier molecular flexibility index (Phi) is 5.56. The van der Waals surface area contributed by atoms with Crippen molar-refractivity contribution in [2.45, 2.75) is 39.2 Å². The first-order valence-corrected chi connectivity index (χ1v) is 8.74. The maximum atomic E-state index is 12.2. The van der Waals surface area contributed by atoms with Crippen LogP contribution in [0.2, 0.25) is 0 Å². The maximum Gasteiger partial charge on any atom is 0.279 e. The minimum Gasteiger partial charge on any atom is -0.272 e. The van der Waals surface area contributed by atoms with Crippen LogP contribution in [0.4, 0.5) is 0 Å². The standard InChI is InChI=1S/C13H24N4O2S/c1-13(12-16-8-6-7-14-16)11-15-20(18,19)17-9-4-2-3-5-10-17/h6-8,13,15H,2-5,9-12H2,1H3/t13-/m0/s1. The van der Waals surface area contributed by atoms with Crippen LogP contribution in [0.25, 0.3) is 0 Å². The molecule has 0 unspecified atom stereocenters. The lowest BCUT2D eigenvalue weighted by Gasteiger charge is -2.21. The van der Waals surface area contributed by atoms with Crippen LogP contribution in [-0.2, 0) is 16.8 Å². The van der Waals surface area contributed by atoms with Gasteiger partial charge >= 0.3 is 0 Å². The summed E-state index contributed by atoms with van der Waals surface area (Å²) in [5.74, 6) is 0.205. The van der Waals surface area contributed by atoms with Gasteiger partial charge in [-0.2, -0.15) is 17.8 Å². The second kappa shape index (κ2) is 7.19. The minimum absolute atomic E-state index is 0.205. The normalized spacial score (nSPS) is 19.6. The van der Waals surface area contributed by atoms with Crippen LogP contribution in [-0.4, -0.2) is 42.1 Å². The van der Waals surface area contributed by atoms with E-state index in [9.17, 15) is 8.42 Å². The molecule has 0 spiro atoms. The van der Waals surface area contributed by atoms with E-state index in [1.807, 2.05) is 23.9 Å². The fourth-order valence-electron chi connectivity index (χ4n) is 2.41. The number of hydrogen-bond donors (Lipinski definition) is 1. The van der Waals surface area contributed by atoms with Crippen molar-refractivity contribution in [1.29, 1.82) is 0 Å². The molecule has 1 atom stereocenters. The first-order chi connectivity index (χ1) is 9.58. The van der Waals surface area contributed by atoms with E-state index in [0.29, 0.717) is 19.6 Å². The topological polar surface area (TPSA) is 67.2 Å². The molecule has 0 aliphatic carbocycles. The van der Waals surface area contributed by atoms with E-state index in [4.69, 9.17) is 0 Å². The summed E-state index contributed by atoms with van der Waals surface area (Å²) in [5.41, 5.74) is 0. The van der Waals surface area contributed by atoms with Crippen LogP contribution in [0.5, 0.6) is 0 Å². The maximum absolute atomic E-state index is 12.2. The average molecular weight is 300 g/mol. The summed E-state index contributed by atoms with van der Waals surface area (Å²) in [5, 5.41) is 4.13. The van der Waals surface area contributed by atoms with Crippen molar-refractivity contribution in [3.63, 3.8) is 0 Å². The molecule has 1 aliphatic rings. The predicted molar refractivity (Wildman–Crippen MR) is 78.4 cm³/mol. The predicted octanol–water partition coefficient (Wildman–Crippen LogP) is 1.23. The molecule has 7 heteroatoms. The summed E-state index contributed by atoms with van der Waals surface area (Å²) in [7, 11) is -3.33. The summed E-state index contributed by atoms with van der Waals surface area (Å²) in [6.07, 6.45) is 7.80. The lowest BCUT2D eigenvalue weighted by Crippen LogP contribution is -2.43. The molecule has 1 aromatic rings. The van der Waals surface area contributed by atoms with Gasteiger partial charge in [0.25, 0.3) is 10.2 Å². The highest BCUT2D eigenvalue weighted by atomic mass is 32.2. The highest BCUT2D eigenvalue weighted by Gasteiger charge is 2.22. The van der Waals surface area contributed by atoms with Gasteiger partial charge in [-0.15, -0.1) is 0 Å². The Morgan fingerprint density at radius 2 is 1.95 bits per heavy atom. The molecule has 0 aromatic carbocycles. The molecule has 0 radical (unpaired) electrons. The quantitative estimate of drug-likeness (QED) is 0.859. The summed E-state index contributed by atoms with van der Waals surface area (Å²) >= 11 is 0. The molecule has 0 amide bonds. The summed E-state index contributed by atoms with van der Waals surface area (Å²) in [4.78, 5) is 0. The van der Waals surface area contributed by atoms with E-state index < -0.39 is 10.2 Å². The zero-order valence-corrected chi connectivity index (χ0v) is 12.8. The molecule has 114 valence electrons. The third-order valence-electron chi connectivity index (χ3n) is 3.58. The van der Waals surface area contributed by atoms with Gasteiger partial charge in [0.2, 0.25) is 0 Å². The smallest absolute Gasteiger partial charge is 0.272 e. The third kappa shape index (κ3) is 4.57. The van der Waals surface area contributed by atoms with E-state index in [2.05, 4.69) is 9.82 Å². The van der Waals surface area contributed by atoms with Gasteiger partial charge < -0.3 is 0 Å². The Morgan fingerprint density at radius 3 is 2.55 bits per heavy atom. The molecule has 0 bridgehead atoms. The van der Waals surface area contributed by atoms with Gasteiger partial charge in [0.15, 0.2) is 0 Å². The molecule has 1 aromatic heterocycles. The van der Waals surface area contributed by atoms with Crippen molar-refractivity contribution in [2.75, 3.05) is 19.6 Å². The van der Waals surface area contributed by atoms with Gasteiger partial charge in [0.1, 0.15) is 0 Å². The highest BCUT2D eigenvalue weighted by molar-refractivity contribution is 7.87. The highest BCUT2D eigenvalue weighted by Crippen LogP contribution is 2.12. The SMILES string of the molecule is C[C@@H](CNS(=O)(=O)N1CCCCCC1)Cn1cccn1. The number of rotatable bonds is 6. The fourth-order valence-corrected chi connectivity index (χ4v) is 3.83.